The second-order valence-corrected chi connectivity index (χ2v) is 9.28. The molecule has 7 heteroatoms. The van der Waals surface area contributed by atoms with Crippen molar-refractivity contribution in [2.75, 3.05) is 36.8 Å². The van der Waals surface area contributed by atoms with Crippen LogP contribution in [0, 0.1) is 13.8 Å². The highest BCUT2D eigenvalue weighted by Crippen LogP contribution is 2.23. The van der Waals surface area contributed by atoms with Gasteiger partial charge in [-0.3, -0.25) is 9.00 Å². The fourth-order valence-electron chi connectivity index (χ4n) is 3.75. The topological polar surface area (TPSA) is 66.7 Å². The lowest BCUT2D eigenvalue weighted by Gasteiger charge is -2.36. The van der Waals surface area contributed by atoms with Crippen molar-refractivity contribution in [3.05, 3.63) is 71.6 Å². The summed E-state index contributed by atoms with van der Waals surface area (Å²) in [7, 11) is -1.33. The number of piperazine rings is 1. The fourth-order valence-corrected chi connectivity index (χ4v) is 4.88. The van der Waals surface area contributed by atoms with Crippen molar-refractivity contribution < 1.29 is 13.4 Å². The molecule has 3 aromatic rings. The van der Waals surface area contributed by atoms with E-state index < -0.39 is 10.8 Å². The Labute approximate surface area is 185 Å². The zero-order valence-electron chi connectivity index (χ0n) is 17.9. The molecule has 0 N–H and O–H groups in total. The molecule has 31 heavy (non-hydrogen) atoms. The Morgan fingerprint density at radius 2 is 1.77 bits per heavy atom. The fraction of sp³-hybridized carbons (Fsp3) is 0.333. The predicted octanol–water partition coefficient (Wildman–Crippen LogP) is 3.56. The number of carbonyl (C=O) groups is 1. The third-order valence-corrected chi connectivity index (χ3v) is 6.66. The van der Waals surface area contributed by atoms with Crippen LogP contribution in [-0.4, -0.2) is 51.9 Å². The molecule has 1 fully saturated rings. The third kappa shape index (κ3) is 5.22. The summed E-state index contributed by atoms with van der Waals surface area (Å²) in [6, 6.07) is 18.1. The largest absolute Gasteiger partial charge is 0.441 e. The minimum absolute atomic E-state index is 0.0113. The van der Waals surface area contributed by atoms with Gasteiger partial charge in [-0.25, -0.2) is 4.98 Å². The van der Waals surface area contributed by atoms with E-state index in [9.17, 15) is 9.00 Å². The van der Waals surface area contributed by atoms with Crippen LogP contribution >= 0.6 is 0 Å². The normalized spacial score (nSPS) is 15.2. The maximum atomic E-state index is 12.7. The number of oxazole rings is 1. The van der Waals surface area contributed by atoms with Crippen molar-refractivity contribution in [3.63, 3.8) is 0 Å². The molecular weight excluding hydrogens is 410 g/mol. The van der Waals surface area contributed by atoms with Crippen LogP contribution in [0.4, 0.5) is 5.69 Å². The van der Waals surface area contributed by atoms with Gasteiger partial charge in [-0.2, -0.15) is 0 Å². The standard InChI is InChI=1S/C24H27N3O3S/c1-18-7-6-8-20(15-18)24-25-22(19(2)30-24)16-31(29)17-23(28)27-13-11-26(12-14-27)21-9-4-3-5-10-21/h3-10,15H,11-14,16-17H2,1-2H3/t31-/m1/s1. The molecule has 0 spiro atoms. The average Bonchev–Trinajstić information content (AvgIpc) is 3.14. The Bertz CT molecular complexity index is 1070. The Morgan fingerprint density at radius 3 is 2.48 bits per heavy atom. The number of hydrogen-bond acceptors (Lipinski definition) is 5. The molecule has 0 saturated carbocycles. The Kier molecular flexibility index (Phi) is 6.51. The highest BCUT2D eigenvalue weighted by molar-refractivity contribution is 7.84. The van der Waals surface area contributed by atoms with E-state index in [-0.39, 0.29) is 17.4 Å². The molecule has 1 saturated heterocycles. The molecule has 0 bridgehead atoms. The average molecular weight is 438 g/mol. The van der Waals surface area contributed by atoms with Gasteiger partial charge in [0, 0.05) is 48.2 Å². The first-order chi connectivity index (χ1) is 15.0. The zero-order valence-corrected chi connectivity index (χ0v) is 18.7. The van der Waals surface area contributed by atoms with Gasteiger partial charge >= 0.3 is 0 Å². The van der Waals surface area contributed by atoms with Crippen LogP contribution in [0.15, 0.2) is 59.0 Å². The van der Waals surface area contributed by atoms with Gasteiger partial charge in [-0.15, -0.1) is 0 Å². The summed E-state index contributed by atoms with van der Waals surface area (Å²) in [6.07, 6.45) is 0. The highest BCUT2D eigenvalue weighted by Gasteiger charge is 2.23. The van der Waals surface area contributed by atoms with Crippen LogP contribution in [0.3, 0.4) is 0 Å². The molecule has 0 unspecified atom stereocenters. The molecule has 162 valence electrons. The lowest BCUT2D eigenvalue weighted by Crippen LogP contribution is -2.50. The smallest absolute Gasteiger partial charge is 0.235 e. The number of nitrogens with zero attached hydrogens (tertiary/aromatic N) is 3. The van der Waals surface area contributed by atoms with Crippen LogP contribution < -0.4 is 4.90 Å². The first-order valence-corrected chi connectivity index (χ1v) is 11.9. The molecular formula is C24H27N3O3S. The molecule has 1 aliphatic heterocycles. The minimum atomic E-state index is -1.33. The van der Waals surface area contributed by atoms with E-state index in [1.165, 1.54) is 5.69 Å². The predicted molar refractivity (Wildman–Crippen MR) is 123 cm³/mol. The zero-order chi connectivity index (χ0) is 21.8. The second-order valence-electron chi connectivity index (χ2n) is 7.82. The number of rotatable bonds is 6. The second kappa shape index (κ2) is 9.47. The Balaban J connectivity index is 1.32. The quantitative estimate of drug-likeness (QED) is 0.590. The molecule has 0 radical (unpaired) electrons. The summed E-state index contributed by atoms with van der Waals surface area (Å²) < 4.78 is 18.5. The molecule has 2 heterocycles. The van der Waals surface area contributed by atoms with Crippen molar-refractivity contribution in [3.8, 4) is 11.5 Å². The first-order valence-electron chi connectivity index (χ1n) is 10.5. The molecule has 1 aliphatic rings. The van der Waals surface area contributed by atoms with Gasteiger partial charge in [0.1, 0.15) is 11.5 Å². The van der Waals surface area contributed by atoms with Crippen molar-refractivity contribution in [1.82, 2.24) is 9.88 Å². The van der Waals surface area contributed by atoms with E-state index in [4.69, 9.17) is 4.42 Å². The number of aryl methyl sites for hydroxylation is 2. The van der Waals surface area contributed by atoms with E-state index in [2.05, 4.69) is 22.0 Å². The lowest BCUT2D eigenvalue weighted by atomic mass is 10.1. The Morgan fingerprint density at radius 1 is 1.03 bits per heavy atom. The number of amides is 1. The summed E-state index contributed by atoms with van der Waals surface area (Å²) in [5.41, 5.74) is 3.84. The maximum Gasteiger partial charge on any atom is 0.235 e. The lowest BCUT2D eigenvalue weighted by molar-refractivity contribution is -0.128. The molecule has 1 amide bonds. The number of anilines is 1. The van der Waals surface area contributed by atoms with Crippen molar-refractivity contribution in [2.45, 2.75) is 19.6 Å². The van der Waals surface area contributed by atoms with Gasteiger partial charge < -0.3 is 14.2 Å². The molecule has 2 aromatic carbocycles. The van der Waals surface area contributed by atoms with Crippen molar-refractivity contribution >= 4 is 22.4 Å². The Hall–Kier alpha value is -2.93. The van der Waals surface area contributed by atoms with Gasteiger partial charge in [0.25, 0.3) is 0 Å². The summed E-state index contributed by atoms with van der Waals surface area (Å²) >= 11 is 0. The van der Waals surface area contributed by atoms with E-state index in [0.29, 0.717) is 30.4 Å². The van der Waals surface area contributed by atoms with E-state index in [1.807, 2.05) is 61.2 Å². The van der Waals surface area contributed by atoms with E-state index >= 15 is 0 Å². The first kappa shape index (κ1) is 21.3. The SMILES string of the molecule is Cc1cccc(-c2nc(C[S@@](=O)CC(=O)N3CCN(c4ccccc4)CC3)c(C)o2)c1. The monoisotopic (exact) mass is 437 g/mol. The van der Waals surface area contributed by atoms with Gasteiger partial charge in [-0.1, -0.05) is 35.9 Å². The summed E-state index contributed by atoms with van der Waals surface area (Å²) in [5, 5.41) is 0. The van der Waals surface area contributed by atoms with E-state index in [0.717, 1.165) is 24.2 Å². The number of hydrogen-bond donors (Lipinski definition) is 0. The maximum absolute atomic E-state index is 12.7. The number of benzene rings is 2. The van der Waals surface area contributed by atoms with Gasteiger partial charge in [-0.05, 0) is 38.1 Å². The van der Waals surface area contributed by atoms with E-state index in [1.54, 1.807) is 0 Å². The minimum Gasteiger partial charge on any atom is -0.441 e. The highest BCUT2D eigenvalue weighted by atomic mass is 32.2. The third-order valence-electron chi connectivity index (χ3n) is 5.49. The van der Waals surface area contributed by atoms with Crippen LogP contribution in [0.25, 0.3) is 11.5 Å². The molecule has 1 atom stereocenters. The molecule has 0 aliphatic carbocycles. The van der Waals surface area contributed by atoms with Gasteiger partial charge in [0.15, 0.2) is 0 Å². The summed E-state index contributed by atoms with van der Waals surface area (Å²) in [4.78, 5) is 21.3. The number of carbonyl (C=O) groups excluding carboxylic acids is 1. The van der Waals surface area contributed by atoms with Gasteiger partial charge in [0.2, 0.25) is 11.8 Å². The molecule has 6 nitrogen and oxygen atoms in total. The van der Waals surface area contributed by atoms with Crippen LogP contribution in [0.5, 0.6) is 0 Å². The van der Waals surface area contributed by atoms with Crippen LogP contribution in [-0.2, 0) is 21.3 Å². The van der Waals surface area contributed by atoms with Crippen LogP contribution in [0.2, 0.25) is 0 Å². The number of aromatic nitrogens is 1. The van der Waals surface area contributed by atoms with Gasteiger partial charge in [0.05, 0.1) is 11.4 Å². The summed E-state index contributed by atoms with van der Waals surface area (Å²) in [5.74, 6) is 1.34. The molecule has 1 aromatic heterocycles. The van der Waals surface area contributed by atoms with Crippen molar-refractivity contribution in [2.24, 2.45) is 0 Å². The summed E-state index contributed by atoms with van der Waals surface area (Å²) in [6.45, 7) is 6.69. The number of para-hydroxylation sites is 1. The molecule has 4 rings (SSSR count). The van der Waals surface area contributed by atoms with Crippen LogP contribution in [0.1, 0.15) is 17.0 Å². The van der Waals surface area contributed by atoms with Crippen molar-refractivity contribution in [1.29, 1.82) is 0 Å².